The second kappa shape index (κ2) is 7.57. The van der Waals surface area contributed by atoms with Crippen molar-refractivity contribution in [3.63, 3.8) is 0 Å². The SMILES string of the molecule is CCC(C#N)NCCc1ccc(OC)c(OC)c1. The van der Waals surface area contributed by atoms with Crippen LogP contribution in [-0.4, -0.2) is 26.8 Å². The fourth-order valence-corrected chi connectivity index (χ4v) is 1.71. The number of nitrogens with zero attached hydrogens (tertiary/aromatic N) is 1. The van der Waals surface area contributed by atoms with Gasteiger partial charge in [0.05, 0.1) is 26.3 Å². The van der Waals surface area contributed by atoms with Crippen molar-refractivity contribution in [3.8, 4) is 17.6 Å². The first-order valence-electron chi connectivity index (χ1n) is 6.09. The fourth-order valence-electron chi connectivity index (χ4n) is 1.71. The molecule has 0 aliphatic rings. The molecule has 0 radical (unpaired) electrons. The molecular weight excluding hydrogens is 228 g/mol. The summed E-state index contributed by atoms with van der Waals surface area (Å²) in [7, 11) is 3.25. The van der Waals surface area contributed by atoms with Gasteiger partial charge in [0, 0.05) is 6.54 Å². The van der Waals surface area contributed by atoms with Crippen LogP contribution in [0.2, 0.25) is 0 Å². The highest BCUT2D eigenvalue weighted by atomic mass is 16.5. The first-order valence-corrected chi connectivity index (χ1v) is 6.09. The first-order chi connectivity index (χ1) is 8.74. The monoisotopic (exact) mass is 248 g/mol. The number of ether oxygens (including phenoxy) is 2. The van der Waals surface area contributed by atoms with E-state index in [9.17, 15) is 0 Å². The van der Waals surface area contributed by atoms with Crippen LogP contribution >= 0.6 is 0 Å². The quantitative estimate of drug-likeness (QED) is 0.803. The minimum absolute atomic E-state index is 0.0647. The molecule has 0 spiro atoms. The van der Waals surface area contributed by atoms with Crippen LogP contribution in [0.5, 0.6) is 11.5 Å². The summed E-state index contributed by atoms with van der Waals surface area (Å²) in [5, 5.41) is 12.0. The van der Waals surface area contributed by atoms with Crippen LogP contribution in [0, 0.1) is 11.3 Å². The molecule has 0 aliphatic heterocycles. The van der Waals surface area contributed by atoms with E-state index in [2.05, 4.69) is 11.4 Å². The summed E-state index contributed by atoms with van der Waals surface area (Å²) < 4.78 is 10.4. The molecule has 0 heterocycles. The van der Waals surface area contributed by atoms with Gasteiger partial charge in [-0.1, -0.05) is 13.0 Å². The number of benzene rings is 1. The average Bonchev–Trinajstić information content (AvgIpc) is 2.43. The van der Waals surface area contributed by atoms with Crippen LogP contribution in [0.3, 0.4) is 0 Å². The molecule has 0 bridgehead atoms. The Kier molecular flexibility index (Phi) is 6.03. The molecule has 0 amide bonds. The Hall–Kier alpha value is -1.73. The van der Waals surface area contributed by atoms with Crippen LogP contribution in [0.15, 0.2) is 18.2 Å². The molecule has 0 aromatic heterocycles. The number of methoxy groups -OCH3 is 2. The second-order valence-electron chi connectivity index (χ2n) is 3.98. The van der Waals surface area contributed by atoms with E-state index >= 15 is 0 Å². The Morgan fingerprint density at radius 3 is 2.56 bits per heavy atom. The van der Waals surface area contributed by atoms with Crippen molar-refractivity contribution in [3.05, 3.63) is 23.8 Å². The maximum atomic E-state index is 8.82. The topological polar surface area (TPSA) is 54.3 Å². The third-order valence-corrected chi connectivity index (χ3v) is 2.82. The molecule has 1 unspecified atom stereocenters. The summed E-state index contributed by atoms with van der Waals surface area (Å²) in [4.78, 5) is 0. The van der Waals surface area contributed by atoms with Gasteiger partial charge >= 0.3 is 0 Å². The molecule has 4 heteroatoms. The highest BCUT2D eigenvalue weighted by molar-refractivity contribution is 5.42. The average molecular weight is 248 g/mol. The molecule has 0 saturated carbocycles. The maximum absolute atomic E-state index is 8.82. The lowest BCUT2D eigenvalue weighted by molar-refractivity contribution is 0.354. The fraction of sp³-hybridized carbons (Fsp3) is 0.500. The van der Waals surface area contributed by atoms with Gasteiger partial charge in [-0.25, -0.2) is 0 Å². The van der Waals surface area contributed by atoms with E-state index in [0.29, 0.717) is 0 Å². The van der Waals surface area contributed by atoms with Gasteiger partial charge in [-0.05, 0) is 30.5 Å². The van der Waals surface area contributed by atoms with E-state index in [0.717, 1.165) is 36.4 Å². The van der Waals surface area contributed by atoms with Crippen molar-refractivity contribution in [1.29, 1.82) is 5.26 Å². The lowest BCUT2D eigenvalue weighted by Gasteiger charge is -2.11. The van der Waals surface area contributed by atoms with Crippen LogP contribution in [-0.2, 0) is 6.42 Å². The lowest BCUT2D eigenvalue weighted by atomic mass is 10.1. The van der Waals surface area contributed by atoms with Crippen molar-refractivity contribution in [2.24, 2.45) is 0 Å². The molecule has 1 N–H and O–H groups in total. The summed E-state index contributed by atoms with van der Waals surface area (Å²) in [5.41, 5.74) is 1.16. The normalized spacial score (nSPS) is 11.7. The predicted octanol–water partition coefficient (Wildman–Crippen LogP) is 2.14. The number of rotatable bonds is 7. The molecule has 0 saturated heterocycles. The molecule has 1 atom stereocenters. The molecule has 0 aliphatic carbocycles. The van der Waals surface area contributed by atoms with E-state index in [-0.39, 0.29) is 6.04 Å². The Morgan fingerprint density at radius 1 is 1.28 bits per heavy atom. The third-order valence-electron chi connectivity index (χ3n) is 2.82. The number of hydrogen-bond acceptors (Lipinski definition) is 4. The van der Waals surface area contributed by atoms with Crippen molar-refractivity contribution < 1.29 is 9.47 Å². The zero-order chi connectivity index (χ0) is 13.4. The van der Waals surface area contributed by atoms with Gasteiger partial charge in [0.25, 0.3) is 0 Å². The summed E-state index contributed by atoms with van der Waals surface area (Å²) >= 11 is 0. The zero-order valence-electron chi connectivity index (χ0n) is 11.2. The van der Waals surface area contributed by atoms with Crippen LogP contribution in [0.1, 0.15) is 18.9 Å². The summed E-state index contributed by atoms with van der Waals surface area (Å²) in [5.74, 6) is 1.47. The van der Waals surface area contributed by atoms with Gasteiger partial charge in [-0.3, -0.25) is 0 Å². The van der Waals surface area contributed by atoms with E-state index in [1.54, 1.807) is 14.2 Å². The Bertz CT molecular complexity index is 413. The van der Waals surface area contributed by atoms with Crippen LogP contribution in [0.25, 0.3) is 0 Å². The van der Waals surface area contributed by atoms with E-state index < -0.39 is 0 Å². The molecule has 1 rings (SSSR count). The van der Waals surface area contributed by atoms with E-state index in [1.807, 2.05) is 25.1 Å². The number of hydrogen-bond donors (Lipinski definition) is 1. The van der Waals surface area contributed by atoms with Crippen LogP contribution in [0.4, 0.5) is 0 Å². The maximum Gasteiger partial charge on any atom is 0.160 e. The molecular formula is C14H20N2O2. The minimum atomic E-state index is -0.0647. The Labute approximate surface area is 109 Å². The van der Waals surface area contributed by atoms with E-state index in [4.69, 9.17) is 14.7 Å². The highest BCUT2D eigenvalue weighted by Crippen LogP contribution is 2.27. The van der Waals surface area contributed by atoms with E-state index in [1.165, 1.54) is 0 Å². The highest BCUT2D eigenvalue weighted by Gasteiger charge is 2.06. The van der Waals surface area contributed by atoms with Gasteiger partial charge in [0.15, 0.2) is 11.5 Å². The van der Waals surface area contributed by atoms with Crippen molar-refractivity contribution >= 4 is 0 Å². The van der Waals surface area contributed by atoms with Gasteiger partial charge in [0.2, 0.25) is 0 Å². The van der Waals surface area contributed by atoms with Gasteiger partial charge < -0.3 is 14.8 Å². The van der Waals surface area contributed by atoms with Crippen molar-refractivity contribution in [2.45, 2.75) is 25.8 Å². The molecule has 1 aromatic rings. The molecule has 0 fully saturated rings. The minimum Gasteiger partial charge on any atom is -0.493 e. The summed E-state index contributed by atoms with van der Waals surface area (Å²) in [6.07, 6.45) is 1.68. The van der Waals surface area contributed by atoms with Crippen molar-refractivity contribution in [2.75, 3.05) is 20.8 Å². The molecule has 98 valence electrons. The standard InChI is InChI=1S/C14H20N2O2/c1-4-12(10-15)16-8-7-11-5-6-13(17-2)14(9-11)18-3/h5-6,9,12,16H,4,7-8H2,1-3H3. The molecule has 4 nitrogen and oxygen atoms in total. The van der Waals surface area contributed by atoms with Gasteiger partial charge in [-0.2, -0.15) is 5.26 Å². The largest absolute Gasteiger partial charge is 0.493 e. The summed E-state index contributed by atoms with van der Waals surface area (Å²) in [6.45, 7) is 2.78. The predicted molar refractivity (Wildman–Crippen MR) is 70.9 cm³/mol. The Balaban J connectivity index is 2.55. The van der Waals surface area contributed by atoms with Crippen LogP contribution < -0.4 is 14.8 Å². The molecule has 18 heavy (non-hydrogen) atoms. The number of nitriles is 1. The molecule has 1 aromatic carbocycles. The summed E-state index contributed by atoms with van der Waals surface area (Å²) in [6, 6.07) is 8.03. The zero-order valence-corrected chi connectivity index (χ0v) is 11.2. The van der Waals surface area contributed by atoms with Gasteiger partial charge in [0.1, 0.15) is 0 Å². The first kappa shape index (κ1) is 14.3. The number of nitrogens with one attached hydrogen (secondary N) is 1. The lowest BCUT2D eigenvalue weighted by Crippen LogP contribution is -2.28. The van der Waals surface area contributed by atoms with Crippen molar-refractivity contribution in [1.82, 2.24) is 5.32 Å². The Morgan fingerprint density at radius 2 is 2.00 bits per heavy atom. The third kappa shape index (κ3) is 3.94. The van der Waals surface area contributed by atoms with Gasteiger partial charge in [-0.15, -0.1) is 0 Å². The smallest absolute Gasteiger partial charge is 0.160 e. The second-order valence-corrected chi connectivity index (χ2v) is 3.98.